The van der Waals surface area contributed by atoms with Crippen molar-refractivity contribution in [1.29, 1.82) is 0 Å². The number of aliphatic hydroxyl groups excluding tert-OH is 1. The first-order valence-corrected chi connectivity index (χ1v) is 12.3. The molecule has 1 aliphatic heterocycles. The van der Waals surface area contributed by atoms with Crippen LogP contribution in [0.15, 0.2) is 47.5 Å². The molecule has 178 valence electrons. The number of hydrogen-bond acceptors (Lipinski definition) is 7. The maximum atomic E-state index is 12.6. The highest BCUT2D eigenvalue weighted by Crippen LogP contribution is 2.35. The molecule has 0 aliphatic carbocycles. The highest BCUT2D eigenvalue weighted by Gasteiger charge is 2.37. The smallest absolute Gasteiger partial charge is 0.270 e. The summed E-state index contributed by atoms with van der Waals surface area (Å²) >= 11 is 6.07. The van der Waals surface area contributed by atoms with Gasteiger partial charge in [-0.2, -0.15) is 8.42 Å². The lowest BCUT2D eigenvalue weighted by atomic mass is 9.98. The van der Waals surface area contributed by atoms with E-state index in [9.17, 15) is 17.8 Å². The van der Waals surface area contributed by atoms with Crippen molar-refractivity contribution >= 4 is 33.3 Å². The van der Waals surface area contributed by atoms with E-state index in [1.54, 1.807) is 54.0 Å². The number of nitrogens with zero attached hydrogens (tertiary/aromatic N) is 4. The van der Waals surface area contributed by atoms with Crippen LogP contribution >= 0.6 is 11.6 Å². The number of aryl methyl sites for hydroxylation is 1. The molecule has 0 spiro atoms. The molecule has 12 heteroatoms. The van der Waals surface area contributed by atoms with E-state index in [0.29, 0.717) is 38.9 Å². The number of carbonyl (C=O) groups excluding carboxylic acids is 1. The minimum atomic E-state index is -4.48. The maximum absolute atomic E-state index is 12.6. The Bertz CT molecular complexity index is 1390. The SMILES string of the molecule is Cc1nnc2n1-c1ccc(C(=O)NCCO)cc1C(c1ccc(Cl)cc1)=NC2[C@@H](C)S(=O)(=O)O. The summed E-state index contributed by atoms with van der Waals surface area (Å²) in [7, 11) is -4.48. The molecule has 0 saturated heterocycles. The number of nitrogens with one attached hydrogen (secondary N) is 1. The first kappa shape index (κ1) is 24.0. The molecule has 0 saturated carbocycles. The van der Waals surface area contributed by atoms with Crippen LogP contribution in [0, 0.1) is 6.92 Å². The number of amides is 1. The van der Waals surface area contributed by atoms with E-state index in [4.69, 9.17) is 21.7 Å². The third-order valence-electron chi connectivity index (χ3n) is 5.57. The van der Waals surface area contributed by atoms with E-state index < -0.39 is 21.4 Å². The molecule has 0 bridgehead atoms. The van der Waals surface area contributed by atoms with E-state index in [1.807, 2.05) is 0 Å². The van der Waals surface area contributed by atoms with Crippen molar-refractivity contribution in [3.8, 4) is 5.69 Å². The van der Waals surface area contributed by atoms with Gasteiger partial charge in [-0.3, -0.25) is 18.9 Å². The number of hydrogen-bond donors (Lipinski definition) is 3. The predicted molar refractivity (Wildman–Crippen MR) is 126 cm³/mol. The Balaban J connectivity index is 2.01. The Morgan fingerprint density at radius 3 is 2.56 bits per heavy atom. The Labute approximate surface area is 201 Å². The van der Waals surface area contributed by atoms with Gasteiger partial charge in [0, 0.05) is 28.3 Å². The van der Waals surface area contributed by atoms with Crippen LogP contribution in [0.3, 0.4) is 0 Å². The zero-order valence-electron chi connectivity index (χ0n) is 18.3. The van der Waals surface area contributed by atoms with E-state index in [-0.39, 0.29) is 24.9 Å². The summed E-state index contributed by atoms with van der Waals surface area (Å²) in [6, 6.07) is 10.7. The van der Waals surface area contributed by atoms with Gasteiger partial charge in [-0.1, -0.05) is 23.7 Å². The third kappa shape index (κ3) is 4.47. The molecular formula is C22H22ClN5O5S. The molecule has 1 amide bonds. The van der Waals surface area contributed by atoms with Crippen molar-refractivity contribution in [3.63, 3.8) is 0 Å². The van der Waals surface area contributed by atoms with Crippen LogP contribution in [0.2, 0.25) is 5.02 Å². The average Bonchev–Trinajstić information content (AvgIpc) is 3.11. The number of benzene rings is 2. The quantitative estimate of drug-likeness (QED) is 0.436. The van der Waals surface area contributed by atoms with Crippen molar-refractivity contribution in [2.45, 2.75) is 25.1 Å². The average molecular weight is 504 g/mol. The Hall–Kier alpha value is -3.12. The monoisotopic (exact) mass is 503 g/mol. The van der Waals surface area contributed by atoms with Crippen LogP contribution in [0.25, 0.3) is 5.69 Å². The van der Waals surface area contributed by atoms with Crippen LogP contribution < -0.4 is 5.32 Å². The van der Waals surface area contributed by atoms with Crippen LogP contribution in [0.1, 0.15) is 46.1 Å². The fraction of sp³-hybridized carbons (Fsp3) is 0.273. The molecule has 2 heterocycles. The molecule has 1 aromatic heterocycles. The standard InChI is InChI=1S/C22H22ClN5O5S/c1-12(34(31,32)33)19-21-27-26-13(2)28(21)18-8-5-15(22(30)24-9-10-29)11-17(18)20(25-19)14-3-6-16(23)7-4-14/h3-8,11-12,19,29H,9-10H2,1-2H3,(H,24,30)(H,31,32,33)/t12-,19?/m1/s1. The van der Waals surface area contributed by atoms with Crippen molar-refractivity contribution < 1.29 is 22.9 Å². The molecule has 34 heavy (non-hydrogen) atoms. The van der Waals surface area contributed by atoms with Crippen LogP contribution in [-0.2, 0) is 10.1 Å². The van der Waals surface area contributed by atoms with Crippen LogP contribution in [0.5, 0.6) is 0 Å². The molecule has 2 atom stereocenters. The van der Waals surface area contributed by atoms with E-state index in [2.05, 4.69) is 15.5 Å². The third-order valence-corrected chi connectivity index (χ3v) is 7.02. The van der Waals surface area contributed by atoms with E-state index >= 15 is 0 Å². The number of rotatable bonds is 6. The lowest BCUT2D eigenvalue weighted by Gasteiger charge is -2.17. The van der Waals surface area contributed by atoms with Crippen LogP contribution in [0.4, 0.5) is 0 Å². The Kier molecular flexibility index (Phi) is 6.54. The number of fused-ring (bicyclic) bond motifs is 3. The zero-order valence-corrected chi connectivity index (χ0v) is 19.9. The molecular weight excluding hydrogens is 482 g/mol. The summed E-state index contributed by atoms with van der Waals surface area (Å²) in [5.74, 6) is 0.333. The number of carbonyl (C=O) groups is 1. The van der Waals surface area contributed by atoms with Crippen molar-refractivity contribution in [1.82, 2.24) is 20.1 Å². The van der Waals surface area contributed by atoms with Gasteiger partial charge in [-0.05, 0) is 44.2 Å². The lowest BCUT2D eigenvalue weighted by Crippen LogP contribution is -2.26. The lowest BCUT2D eigenvalue weighted by molar-refractivity contribution is 0.0944. The van der Waals surface area contributed by atoms with Crippen molar-refractivity contribution in [2.24, 2.45) is 4.99 Å². The largest absolute Gasteiger partial charge is 0.395 e. The maximum Gasteiger partial charge on any atom is 0.270 e. The van der Waals surface area contributed by atoms with Gasteiger partial charge in [0.15, 0.2) is 5.82 Å². The van der Waals surface area contributed by atoms with Gasteiger partial charge in [0.05, 0.1) is 18.0 Å². The van der Waals surface area contributed by atoms with Crippen molar-refractivity contribution in [2.75, 3.05) is 13.2 Å². The molecule has 0 radical (unpaired) electrons. The highest BCUT2D eigenvalue weighted by molar-refractivity contribution is 7.86. The zero-order chi connectivity index (χ0) is 24.6. The summed E-state index contributed by atoms with van der Waals surface area (Å²) in [5.41, 5.74) is 2.47. The fourth-order valence-corrected chi connectivity index (χ4v) is 4.42. The van der Waals surface area contributed by atoms with Gasteiger partial charge < -0.3 is 10.4 Å². The molecule has 0 fully saturated rings. The van der Waals surface area contributed by atoms with Gasteiger partial charge in [-0.25, -0.2) is 0 Å². The highest BCUT2D eigenvalue weighted by atomic mass is 35.5. The molecule has 4 rings (SSSR count). The number of aromatic nitrogens is 3. The normalized spacial score (nSPS) is 16.1. The summed E-state index contributed by atoms with van der Waals surface area (Å²) in [4.78, 5) is 17.3. The van der Waals surface area contributed by atoms with Gasteiger partial charge >= 0.3 is 0 Å². The molecule has 2 aromatic carbocycles. The van der Waals surface area contributed by atoms with Gasteiger partial charge in [0.1, 0.15) is 17.1 Å². The molecule has 3 aromatic rings. The summed E-state index contributed by atoms with van der Waals surface area (Å²) < 4.78 is 35.7. The molecule has 1 unspecified atom stereocenters. The molecule has 3 N–H and O–H groups in total. The fourth-order valence-electron chi connectivity index (χ4n) is 3.78. The number of aliphatic hydroxyl groups is 1. The van der Waals surface area contributed by atoms with E-state index in [0.717, 1.165) is 0 Å². The molecule has 10 nitrogen and oxygen atoms in total. The minimum absolute atomic E-state index is 0.0939. The van der Waals surface area contributed by atoms with E-state index in [1.165, 1.54) is 6.92 Å². The van der Waals surface area contributed by atoms with Gasteiger partial charge in [0.2, 0.25) is 0 Å². The van der Waals surface area contributed by atoms with Gasteiger partial charge in [-0.15, -0.1) is 10.2 Å². The second-order valence-electron chi connectivity index (χ2n) is 7.80. The Morgan fingerprint density at radius 1 is 1.21 bits per heavy atom. The summed E-state index contributed by atoms with van der Waals surface area (Å²) in [5, 5.41) is 19.1. The van der Waals surface area contributed by atoms with Crippen molar-refractivity contribution in [3.05, 3.63) is 75.8 Å². The number of halogens is 1. The van der Waals surface area contributed by atoms with Gasteiger partial charge in [0.25, 0.3) is 16.0 Å². The predicted octanol–water partition coefficient (Wildman–Crippen LogP) is 2.12. The first-order chi connectivity index (χ1) is 16.1. The second-order valence-corrected chi connectivity index (χ2v) is 10.0. The summed E-state index contributed by atoms with van der Waals surface area (Å²) in [6.45, 7) is 2.95. The second kappa shape index (κ2) is 9.26. The Morgan fingerprint density at radius 2 is 1.91 bits per heavy atom. The molecule has 1 aliphatic rings. The summed E-state index contributed by atoms with van der Waals surface area (Å²) in [6.07, 6.45) is 0. The topological polar surface area (TPSA) is 147 Å². The first-order valence-electron chi connectivity index (χ1n) is 10.4. The van der Waals surface area contributed by atoms with Crippen LogP contribution in [-0.4, -0.2) is 62.9 Å². The number of aliphatic imine (C=N–C) groups is 1. The minimum Gasteiger partial charge on any atom is -0.395 e.